The predicted molar refractivity (Wildman–Crippen MR) is 115 cm³/mol. The first kappa shape index (κ1) is 19.9. The van der Waals surface area contributed by atoms with Gasteiger partial charge in [0.2, 0.25) is 0 Å². The summed E-state index contributed by atoms with van der Waals surface area (Å²) in [6.45, 7) is 5.59. The standard InChI is InChI=1S/C20H24ClN3O2S/c1-14-12-16(21)4-7-18(14)23-20(27)22-13-19(25)15-2-5-17(6-3-15)24-8-10-26-11-9-24/h2-7,12,19,25H,8-11,13H2,1H3,(H2,22,23,27). The molecule has 0 saturated carbocycles. The number of halogens is 1. The maximum absolute atomic E-state index is 10.4. The molecule has 0 aliphatic carbocycles. The zero-order valence-electron chi connectivity index (χ0n) is 15.2. The Kier molecular flexibility index (Phi) is 6.90. The number of aliphatic hydroxyl groups excluding tert-OH is 1. The topological polar surface area (TPSA) is 56.8 Å². The Morgan fingerprint density at radius 2 is 1.93 bits per heavy atom. The molecule has 0 aromatic heterocycles. The molecule has 1 unspecified atom stereocenters. The molecule has 5 nitrogen and oxygen atoms in total. The van der Waals surface area contributed by atoms with E-state index in [1.54, 1.807) is 0 Å². The summed E-state index contributed by atoms with van der Waals surface area (Å²) in [5.41, 5.74) is 3.90. The van der Waals surface area contributed by atoms with Crippen molar-refractivity contribution >= 4 is 40.3 Å². The number of morpholine rings is 1. The van der Waals surface area contributed by atoms with Crippen molar-refractivity contribution in [2.75, 3.05) is 43.1 Å². The van der Waals surface area contributed by atoms with Crippen molar-refractivity contribution in [2.24, 2.45) is 0 Å². The molecule has 2 aromatic rings. The van der Waals surface area contributed by atoms with E-state index in [0.717, 1.165) is 48.8 Å². The fourth-order valence-electron chi connectivity index (χ4n) is 2.97. The van der Waals surface area contributed by atoms with E-state index in [9.17, 15) is 5.11 Å². The number of rotatable bonds is 5. The predicted octanol–water partition coefficient (Wildman–Crippen LogP) is 3.51. The van der Waals surface area contributed by atoms with Crippen molar-refractivity contribution in [2.45, 2.75) is 13.0 Å². The van der Waals surface area contributed by atoms with E-state index in [-0.39, 0.29) is 0 Å². The summed E-state index contributed by atoms with van der Waals surface area (Å²) in [5, 5.41) is 17.8. The third-order valence-corrected chi connectivity index (χ3v) is 5.03. The van der Waals surface area contributed by atoms with E-state index < -0.39 is 6.10 Å². The van der Waals surface area contributed by atoms with Gasteiger partial charge in [-0.05, 0) is 60.6 Å². The second-order valence-electron chi connectivity index (χ2n) is 6.50. The molecule has 27 heavy (non-hydrogen) atoms. The molecule has 0 bridgehead atoms. The summed E-state index contributed by atoms with van der Waals surface area (Å²) >= 11 is 11.3. The number of hydrogen-bond donors (Lipinski definition) is 3. The van der Waals surface area contributed by atoms with Gasteiger partial charge in [0.05, 0.1) is 19.3 Å². The van der Waals surface area contributed by atoms with Gasteiger partial charge in [-0.15, -0.1) is 0 Å². The van der Waals surface area contributed by atoms with E-state index in [1.165, 1.54) is 0 Å². The van der Waals surface area contributed by atoms with Gasteiger partial charge in [0.15, 0.2) is 5.11 Å². The van der Waals surface area contributed by atoms with E-state index in [0.29, 0.717) is 16.7 Å². The Hall–Kier alpha value is -1.86. The largest absolute Gasteiger partial charge is 0.387 e. The molecule has 1 aliphatic heterocycles. The summed E-state index contributed by atoms with van der Waals surface area (Å²) in [6.07, 6.45) is -0.644. The lowest BCUT2D eigenvalue weighted by Crippen LogP contribution is -2.36. The smallest absolute Gasteiger partial charge is 0.170 e. The molecule has 0 spiro atoms. The molecule has 1 atom stereocenters. The van der Waals surface area contributed by atoms with Crippen molar-refractivity contribution in [3.05, 3.63) is 58.6 Å². The molecule has 0 radical (unpaired) electrons. The van der Waals surface area contributed by atoms with Crippen LogP contribution < -0.4 is 15.5 Å². The van der Waals surface area contributed by atoms with Crippen LogP contribution in [0.2, 0.25) is 5.02 Å². The van der Waals surface area contributed by atoms with Crippen LogP contribution >= 0.6 is 23.8 Å². The highest BCUT2D eigenvalue weighted by atomic mass is 35.5. The van der Waals surface area contributed by atoms with Gasteiger partial charge < -0.3 is 25.4 Å². The van der Waals surface area contributed by atoms with Crippen molar-refractivity contribution < 1.29 is 9.84 Å². The third-order valence-electron chi connectivity index (χ3n) is 4.55. The minimum absolute atomic E-state index is 0.329. The van der Waals surface area contributed by atoms with Gasteiger partial charge in [-0.25, -0.2) is 0 Å². The average Bonchev–Trinajstić information content (AvgIpc) is 2.69. The fourth-order valence-corrected chi connectivity index (χ4v) is 3.39. The van der Waals surface area contributed by atoms with E-state index >= 15 is 0 Å². The monoisotopic (exact) mass is 405 g/mol. The number of nitrogens with one attached hydrogen (secondary N) is 2. The number of anilines is 2. The number of nitrogens with zero attached hydrogens (tertiary/aromatic N) is 1. The van der Waals surface area contributed by atoms with E-state index in [1.807, 2.05) is 49.4 Å². The summed E-state index contributed by atoms with van der Waals surface area (Å²) in [5.74, 6) is 0. The Morgan fingerprint density at radius 3 is 2.59 bits per heavy atom. The zero-order chi connectivity index (χ0) is 19.2. The number of aliphatic hydroxyl groups is 1. The van der Waals surface area contributed by atoms with Gasteiger partial charge >= 0.3 is 0 Å². The lowest BCUT2D eigenvalue weighted by Gasteiger charge is -2.29. The molecule has 144 valence electrons. The maximum atomic E-state index is 10.4. The van der Waals surface area contributed by atoms with Gasteiger partial charge in [-0.2, -0.15) is 0 Å². The number of thiocarbonyl (C=S) groups is 1. The second-order valence-corrected chi connectivity index (χ2v) is 7.35. The first-order valence-corrected chi connectivity index (χ1v) is 9.73. The maximum Gasteiger partial charge on any atom is 0.170 e. The van der Waals surface area contributed by atoms with E-state index in [4.69, 9.17) is 28.6 Å². The minimum Gasteiger partial charge on any atom is -0.387 e. The van der Waals surface area contributed by atoms with Crippen molar-refractivity contribution in [3.8, 4) is 0 Å². The van der Waals surface area contributed by atoms with Crippen LogP contribution in [0, 0.1) is 6.92 Å². The molecule has 1 saturated heterocycles. The molecule has 1 aliphatic rings. The highest BCUT2D eigenvalue weighted by Gasteiger charge is 2.13. The Labute approximate surface area is 170 Å². The molecule has 0 amide bonds. The van der Waals surface area contributed by atoms with Crippen LogP contribution in [0.5, 0.6) is 0 Å². The highest BCUT2D eigenvalue weighted by molar-refractivity contribution is 7.80. The van der Waals surface area contributed by atoms with Crippen LogP contribution in [-0.2, 0) is 4.74 Å². The molecular weight excluding hydrogens is 382 g/mol. The third kappa shape index (κ3) is 5.56. The Morgan fingerprint density at radius 1 is 1.22 bits per heavy atom. The molecule has 7 heteroatoms. The van der Waals surface area contributed by atoms with Crippen LogP contribution in [0.3, 0.4) is 0 Å². The molecule has 3 rings (SSSR count). The van der Waals surface area contributed by atoms with Gasteiger partial charge in [0.25, 0.3) is 0 Å². The quantitative estimate of drug-likeness (QED) is 0.662. The zero-order valence-corrected chi connectivity index (χ0v) is 16.8. The lowest BCUT2D eigenvalue weighted by atomic mass is 10.1. The number of ether oxygens (including phenoxy) is 1. The number of aryl methyl sites for hydroxylation is 1. The first-order valence-electron chi connectivity index (χ1n) is 8.94. The fraction of sp³-hybridized carbons (Fsp3) is 0.350. The second kappa shape index (κ2) is 9.37. The number of benzene rings is 2. The summed E-state index contributed by atoms with van der Waals surface area (Å²) < 4.78 is 5.38. The normalized spacial score (nSPS) is 15.3. The molecule has 1 heterocycles. The van der Waals surface area contributed by atoms with Gasteiger partial charge in [-0.3, -0.25) is 0 Å². The molecular formula is C20H24ClN3O2S. The van der Waals surface area contributed by atoms with E-state index in [2.05, 4.69) is 15.5 Å². The molecule has 1 fully saturated rings. The Balaban J connectivity index is 1.50. The van der Waals surface area contributed by atoms with Crippen molar-refractivity contribution in [1.82, 2.24) is 5.32 Å². The lowest BCUT2D eigenvalue weighted by molar-refractivity contribution is 0.122. The van der Waals surface area contributed by atoms with Gasteiger partial charge in [0.1, 0.15) is 0 Å². The van der Waals surface area contributed by atoms with Crippen LogP contribution in [0.15, 0.2) is 42.5 Å². The van der Waals surface area contributed by atoms with Gasteiger partial charge in [0, 0.05) is 36.0 Å². The van der Waals surface area contributed by atoms with Crippen molar-refractivity contribution in [1.29, 1.82) is 0 Å². The summed E-state index contributed by atoms with van der Waals surface area (Å²) in [6, 6.07) is 13.6. The molecule has 2 aromatic carbocycles. The van der Waals surface area contributed by atoms with Crippen LogP contribution in [0.25, 0.3) is 0 Å². The minimum atomic E-state index is -0.644. The Bertz CT molecular complexity index is 779. The SMILES string of the molecule is Cc1cc(Cl)ccc1NC(=S)NCC(O)c1ccc(N2CCOCC2)cc1. The number of hydrogen-bond acceptors (Lipinski definition) is 4. The summed E-state index contributed by atoms with van der Waals surface area (Å²) in [4.78, 5) is 2.28. The first-order chi connectivity index (χ1) is 13.0. The molecule has 3 N–H and O–H groups in total. The van der Waals surface area contributed by atoms with Crippen LogP contribution in [-0.4, -0.2) is 43.1 Å². The highest BCUT2D eigenvalue weighted by Crippen LogP contribution is 2.21. The van der Waals surface area contributed by atoms with Crippen LogP contribution in [0.4, 0.5) is 11.4 Å². The van der Waals surface area contributed by atoms with Crippen molar-refractivity contribution in [3.63, 3.8) is 0 Å². The van der Waals surface area contributed by atoms with Gasteiger partial charge in [-0.1, -0.05) is 23.7 Å². The average molecular weight is 406 g/mol. The van der Waals surface area contributed by atoms with Crippen LogP contribution in [0.1, 0.15) is 17.2 Å². The summed E-state index contributed by atoms with van der Waals surface area (Å²) in [7, 11) is 0.